The SMILES string of the molecule is O=CC1(O)CCCCC1c1ccc(OCCO)cc1. The van der Waals surface area contributed by atoms with Crippen LogP contribution in [0, 0.1) is 0 Å². The summed E-state index contributed by atoms with van der Waals surface area (Å²) in [5.41, 5.74) is -0.267. The third kappa shape index (κ3) is 3.14. The molecule has 0 bridgehead atoms. The summed E-state index contributed by atoms with van der Waals surface area (Å²) >= 11 is 0. The summed E-state index contributed by atoms with van der Waals surface area (Å²) < 4.78 is 5.29. The first-order valence-electron chi connectivity index (χ1n) is 6.72. The quantitative estimate of drug-likeness (QED) is 0.793. The van der Waals surface area contributed by atoms with E-state index < -0.39 is 5.60 Å². The smallest absolute Gasteiger partial charge is 0.152 e. The Labute approximate surface area is 113 Å². The summed E-state index contributed by atoms with van der Waals surface area (Å²) in [5.74, 6) is 0.550. The maximum absolute atomic E-state index is 11.2. The van der Waals surface area contributed by atoms with Crippen molar-refractivity contribution in [2.24, 2.45) is 0 Å². The number of aliphatic hydroxyl groups is 2. The lowest BCUT2D eigenvalue weighted by molar-refractivity contribution is -0.129. The zero-order valence-electron chi connectivity index (χ0n) is 10.9. The molecule has 2 rings (SSSR count). The molecule has 1 saturated carbocycles. The van der Waals surface area contributed by atoms with E-state index in [0.717, 1.165) is 24.8 Å². The van der Waals surface area contributed by atoms with Crippen molar-refractivity contribution in [1.82, 2.24) is 0 Å². The molecule has 4 nitrogen and oxygen atoms in total. The van der Waals surface area contributed by atoms with Gasteiger partial charge in [0.15, 0.2) is 6.29 Å². The van der Waals surface area contributed by atoms with Crippen molar-refractivity contribution in [3.05, 3.63) is 29.8 Å². The number of hydrogen-bond acceptors (Lipinski definition) is 4. The predicted octanol–water partition coefficient (Wildman–Crippen LogP) is 1.65. The first-order chi connectivity index (χ1) is 9.19. The highest BCUT2D eigenvalue weighted by Crippen LogP contribution is 2.40. The number of ether oxygens (including phenoxy) is 1. The largest absolute Gasteiger partial charge is 0.491 e. The first-order valence-corrected chi connectivity index (χ1v) is 6.72. The Morgan fingerprint density at radius 1 is 1.32 bits per heavy atom. The highest BCUT2D eigenvalue weighted by atomic mass is 16.5. The van der Waals surface area contributed by atoms with Crippen LogP contribution >= 0.6 is 0 Å². The zero-order valence-corrected chi connectivity index (χ0v) is 10.9. The van der Waals surface area contributed by atoms with Gasteiger partial charge in [-0.3, -0.25) is 0 Å². The minimum atomic E-state index is -1.23. The Balaban J connectivity index is 2.13. The zero-order chi connectivity index (χ0) is 13.7. The predicted molar refractivity (Wildman–Crippen MR) is 71.2 cm³/mol. The Morgan fingerprint density at radius 3 is 2.68 bits per heavy atom. The van der Waals surface area contributed by atoms with E-state index in [1.54, 1.807) is 0 Å². The fourth-order valence-corrected chi connectivity index (χ4v) is 2.74. The highest BCUT2D eigenvalue weighted by molar-refractivity contribution is 5.65. The fraction of sp³-hybridized carbons (Fsp3) is 0.533. The monoisotopic (exact) mass is 264 g/mol. The van der Waals surface area contributed by atoms with Crippen molar-refractivity contribution in [3.63, 3.8) is 0 Å². The van der Waals surface area contributed by atoms with Crippen LogP contribution in [0.4, 0.5) is 0 Å². The second-order valence-corrected chi connectivity index (χ2v) is 5.05. The summed E-state index contributed by atoms with van der Waals surface area (Å²) in [5, 5.41) is 19.1. The van der Waals surface area contributed by atoms with E-state index in [1.807, 2.05) is 24.3 Å². The molecule has 104 valence electrons. The van der Waals surface area contributed by atoms with Gasteiger partial charge < -0.3 is 19.7 Å². The van der Waals surface area contributed by atoms with Crippen molar-refractivity contribution < 1.29 is 19.7 Å². The summed E-state index contributed by atoms with van der Waals surface area (Å²) in [4.78, 5) is 11.2. The molecule has 0 saturated heterocycles. The van der Waals surface area contributed by atoms with Gasteiger partial charge in [0.25, 0.3) is 0 Å². The number of benzene rings is 1. The van der Waals surface area contributed by atoms with Crippen LogP contribution in [0.5, 0.6) is 5.75 Å². The van der Waals surface area contributed by atoms with Gasteiger partial charge in [0.05, 0.1) is 6.61 Å². The van der Waals surface area contributed by atoms with Crippen LogP contribution in [-0.4, -0.2) is 35.3 Å². The minimum Gasteiger partial charge on any atom is -0.491 e. The average molecular weight is 264 g/mol. The highest BCUT2D eigenvalue weighted by Gasteiger charge is 2.39. The molecule has 1 aliphatic rings. The fourth-order valence-electron chi connectivity index (χ4n) is 2.74. The van der Waals surface area contributed by atoms with Crippen LogP contribution < -0.4 is 4.74 Å². The Bertz CT molecular complexity index is 415. The van der Waals surface area contributed by atoms with E-state index in [9.17, 15) is 9.90 Å². The van der Waals surface area contributed by atoms with Gasteiger partial charge in [0, 0.05) is 5.92 Å². The number of rotatable bonds is 5. The summed E-state index contributed by atoms with van der Waals surface area (Å²) in [6.45, 7) is 0.246. The molecule has 0 spiro atoms. The van der Waals surface area contributed by atoms with Crippen molar-refractivity contribution in [1.29, 1.82) is 0 Å². The van der Waals surface area contributed by atoms with E-state index in [2.05, 4.69) is 0 Å². The van der Waals surface area contributed by atoms with Gasteiger partial charge in [-0.1, -0.05) is 25.0 Å². The molecule has 0 aliphatic heterocycles. The minimum absolute atomic E-state index is 0.0186. The van der Waals surface area contributed by atoms with Gasteiger partial charge in [-0.25, -0.2) is 0 Å². The molecule has 1 aliphatic carbocycles. The number of aliphatic hydroxyl groups excluding tert-OH is 1. The number of carbonyl (C=O) groups excluding carboxylic acids is 1. The number of aldehydes is 1. The van der Waals surface area contributed by atoms with Crippen LogP contribution in [0.3, 0.4) is 0 Å². The molecule has 1 fully saturated rings. The van der Waals surface area contributed by atoms with E-state index in [0.29, 0.717) is 18.5 Å². The molecule has 2 N–H and O–H groups in total. The lowest BCUT2D eigenvalue weighted by Crippen LogP contribution is -2.40. The molecular weight excluding hydrogens is 244 g/mol. The van der Waals surface area contributed by atoms with Crippen LogP contribution in [0.15, 0.2) is 24.3 Å². The van der Waals surface area contributed by atoms with Gasteiger partial charge in [-0.2, -0.15) is 0 Å². The summed E-state index contributed by atoms with van der Waals surface area (Å²) in [6.07, 6.45) is 3.97. The van der Waals surface area contributed by atoms with Gasteiger partial charge >= 0.3 is 0 Å². The van der Waals surface area contributed by atoms with E-state index >= 15 is 0 Å². The first kappa shape index (κ1) is 14.0. The topological polar surface area (TPSA) is 66.8 Å². The Hall–Kier alpha value is -1.39. The molecule has 0 aromatic heterocycles. The molecule has 0 heterocycles. The number of hydrogen-bond donors (Lipinski definition) is 2. The third-order valence-electron chi connectivity index (χ3n) is 3.77. The number of carbonyl (C=O) groups is 1. The van der Waals surface area contributed by atoms with Gasteiger partial charge in [-0.05, 0) is 30.5 Å². The van der Waals surface area contributed by atoms with E-state index in [4.69, 9.17) is 9.84 Å². The second-order valence-electron chi connectivity index (χ2n) is 5.05. The summed E-state index contributed by atoms with van der Waals surface area (Å²) in [7, 11) is 0. The normalized spacial score (nSPS) is 26.9. The molecule has 1 aromatic carbocycles. The maximum Gasteiger partial charge on any atom is 0.152 e. The van der Waals surface area contributed by atoms with Crippen molar-refractivity contribution >= 4 is 6.29 Å². The molecule has 0 amide bonds. The van der Waals surface area contributed by atoms with Gasteiger partial charge in [0.2, 0.25) is 0 Å². The van der Waals surface area contributed by atoms with Gasteiger partial charge in [0.1, 0.15) is 18.0 Å². The third-order valence-corrected chi connectivity index (χ3v) is 3.77. The maximum atomic E-state index is 11.2. The average Bonchev–Trinajstić information content (AvgIpc) is 2.46. The second kappa shape index (κ2) is 6.17. The van der Waals surface area contributed by atoms with E-state index in [-0.39, 0.29) is 19.1 Å². The van der Waals surface area contributed by atoms with Crippen LogP contribution in [-0.2, 0) is 4.79 Å². The molecule has 2 unspecified atom stereocenters. The molecule has 2 atom stereocenters. The van der Waals surface area contributed by atoms with Crippen molar-refractivity contribution in [2.75, 3.05) is 13.2 Å². The Kier molecular flexibility index (Phi) is 4.56. The molecule has 0 radical (unpaired) electrons. The molecule has 1 aromatic rings. The van der Waals surface area contributed by atoms with Crippen LogP contribution in [0.2, 0.25) is 0 Å². The lowest BCUT2D eigenvalue weighted by atomic mass is 9.73. The Morgan fingerprint density at radius 2 is 2.05 bits per heavy atom. The van der Waals surface area contributed by atoms with Crippen molar-refractivity contribution in [3.8, 4) is 5.75 Å². The summed E-state index contributed by atoms with van der Waals surface area (Å²) in [6, 6.07) is 7.39. The van der Waals surface area contributed by atoms with Crippen LogP contribution in [0.1, 0.15) is 37.2 Å². The molecule has 19 heavy (non-hydrogen) atoms. The standard InChI is InChI=1S/C15H20O4/c16-9-10-19-13-6-4-12(5-7-13)14-3-1-2-8-15(14,18)11-17/h4-7,11,14,16,18H,1-3,8-10H2. The molecular formula is C15H20O4. The lowest BCUT2D eigenvalue weighted by Gasteiger charge is -2.36. The van der Waals surface area contributed by atoms with Gasteiger partial charge in [-0.15, -0.1) is 0 Å². The van der Waals surface area contributed by atoms with Crippen molar-refractivity contribution in [2.45, 2.75) is 37.2 Å². The van der Waals surface area contributed by atoms with Crippen LogP contribution in [0.25, 0.3) is 0 Å². The molecule has 4 heteroatoms. The van der Waals surface area contributed by atoms with E-state index in [1.165, 1.54) is 0 Å².